The summed E-state index contributed by atoms with van der Waals surface area (Å²) >= 11 is 0. The van der Waals surface area contributed by atoms with Gasteiger partial charge in [0, 0.05) is 18.5 Å². The maximum Gasteiger partial charge on any atom is 0.134 e. The van der Waals surface area contributed by atoms with Crippen molar-refractivity contribution in [3.05, 3.63) is 36.1 Å². The third kappa shape index (κ3) is 2.60. The molecule has 1 atom stereocenters. The van der Waals surface area contributed by atoms with E-state index in [1.165, 1.54) is 12.8 Å². The second-order valence-electron chi connectivity index (χ2n) is 6.68. The molecule has 0 radical (unpaired) electrons. The standard InChI is InChI=1S/C17H24N2O/c1-17(2)8-5-9-19(12-17)14(11-18)16-10-13-6-3-4-7-15(13)20-16/h3-4,6-7,10,14H,5,8-9,11-12,18H2,1-2H3. The predicted octanol–water partition coefficient (Wildman–Crippen LogP) is 3.55. The number of nitrogens with zero attached hydrogens (tertiary/aromatic N) is 1. The average molecular weight is 272 g/mol. The number of benzene rings is 1. The van der Waals surface area contributed by atoms with E-state index in [9.17, 15) is 0 Å². The molecule has 2 N–H and O–H groups in total. The first-order valence-electron chi connectivity index (χ1n) is 7.52. The average Bonchev–Trinajstić information content (AvgIpc) is 2.81. The summed E-state index contributed by atoms with van der Waals surface area (Å²) in [5.74, 6) is 1.01. The van der Waals surface area contributed by atoms with Crippen molar-refractivity contribution < 1.29 is 4.42 Å². The van der Waals surface area contributed by atoms with Crippen LogP contribution in [0.3, 0.4) is 0 Å². The van der Waals surface area contributed by atoms with Crippen LogP contribution in [0.5, 0.6) is 0 Å². The molecule has 1 saturated heterocycles. The van der Waals surface area contributed by atoms with Gasteiger partial charge in [-0.2, -0.15) is 0 Å². The molecule has 108 valence electrons. The highest BCUT2D eigenvalue weighted by Gasteiger charge is 2.32. The van der Waals surface area contributed by atoms with Gasteiger partial charge in [-0.15, -0.1) is 0 Å². The smallest absolute Gasteiger partial charge is 0.134 e. The van der Waals surface area contributed by atoms with Crippen molar-refractivity contribution in [1.29, 1.82) is 0 Å². The third-order valence-corrected chi connectivity index (χ3v) is 4.37. The fraction of sp³-hybridized carbons (Fsp3) is 0.529. The Morgan fingerprint density at radius 2 is 2.15 bits per heavy atom. The Kier molecular flexibility index (Phi) is 3.57. The fourth-order valence-electron chi connectivity index (χ4n) is 3.35. The number of piperidine rings is 1. The molecule has 3 rings (SSSR count). The van der Waals surface area contributed by atoms with Crippen LogP contribution < -0.4 is 5.73 Å². The van der Waals surface area contributed by atoms with Crippen molar-refractivity contribution in [2.24, 2.45) is 11.1 Å². The number of rotatable bonds is 3. The second-order valence-corrected chi connectivity index (χ2v) is 6.68. The van der Waals surface area contributed by atoms with Gasteiger partial charge in [0.2, 0.25) is 0 Å². The zero-order valence-electron chi connectivity index (χ0n) is 12.4. The molecule has 3 heteroatoms. The largest absolute Gasteiger partial charge is 0.459 e. The maximum absolute atomic E-state index is 6.04. The summed E-state index contributed by atoms with van der Waals surface area (Å²) in [6, 6.07) is 10.5. The highest BCUT2D eigenvalue weighted by Crippen LogP contribution is 2.34. The van der Waals surface area contributed by atoms with Crippen LogP contribution in [0, 0.1) is 5.41 Å². The lowest BCUT2D eigenvalue weighted by atomic mass is 9.83. The zero-order valence-corrected chi connectivity index (χ0v) is 12.4. The van der Waals surface area contributed by atoms with Crippen LogP contribution in [-0.4, -0.2) is 24.5 Å². The van der Waals surface area contributed by atoms with E-state index < -0.39 is 0 Å². The van der Waals surface area contributed by atoms with Gasteiger partial charge in [0.25, 0.3) is 0 Å². The first-order valence-corrected chi connectivity index (χ1v) is 7.52. The van der Waals surface area contributed by atoms with Gasteiger partial charge >= 0.3 is 0 Å². The summed E-state index contributed by atoms with van der Waals surface area (Å²) in [6.07, 6.45) is 2.53. The fourth-order valence-corrected chi connectivity index (χ4v) is 3.35. The highest BCUT2D eigenvalue weighted by atomic mass is 16.3. The van der Waals surface area contributed by atoms with E-state index in [0.717, 1.165) is 29.8 Å². The molecular formula is C17H24N2O. The van der Waals surface area contributed by atoms with E-state index in [2.05, 4.69) is 30.9 Å². The molecule has 0 aliphatic carbocycles. The summed E-state index contributed by atoms with van der Waals surface area (Å²) in [5.41, 5.74) is 7.37. The van der Waals surface area contributed by atoms with Crippen molar-refractivity contribution >= 4 is 11.0 Å². The molecule has 20 heavy (non-hydrogen) atoms. The van der Waals surface area contributed by atoms with Gasteiger partial charge in [-0.1, -0.05) is 32.0 Å². The van der Waals surface area contributed by atoms with Crippen LogP contribution in [0.4, 0.5) is 0 Å². The van der Waals surface area contributed by atoms with Gasteiger partial charge in [0.1, 0.15) is 11.3 Å². The van der Waals surface area contributed by atoms with Crippen LogP contribution in [0.1, 0.15) is 38.5 Å². The van der Waals surface area contributed by atoms with E-state index in [4.69, 9.17) is 10.2 Å². The van der Waals surface area contributed by atoms with Gasteiger partial charge in [0.15, 0.2) is 0 Å². The highest BCUT2D eigenvalue weighted by molar-refractivity contribution is 5.77. The van der Waals surface area contributed by atoms with Crippen molar-refractivity contribution in [3.8, 4) is 0 Å². The monoisotopic (exact) mass is 272 g/mol. The lowest BCUT2D eigenvalue weighted by Crippen LogP contribution is -2.44. The zero-order chi connectivity index (χ0) is 14.2. The Morgan fingerprint density at radius 3 is 2.85 bits per heavy atom. The molecule has 1 aromatic heterocycles. The molecule has 0 spiro atoms. The lowest BCUT2D eigenvalue weighted by Gasteiger charge is -2.41. The molecule has 0 amide bonds. The molecule has 1 aliphatic rings. The van der Waals surface area contributed by atoms with Crippen LogP contribution >= 0.6 is 0 Å². The maximum atomic E-state index is 6.04. The van der Waals surface area contributed by atoms with Crippen LogP contribution in [0.15, 0.2) is 34.7 Å². The molecule has 3 nitrogen and oxygen atoms in total. The van der Waals surface area contributed by atoms with Crippen LogP contribution in [-0.2, 0) is 0 Å². The molecule has 0 bridgehead atoms. The Morgan fingerprint density at radius 1 is 1.35 bits per heavy atom. The number of likely N-dealkylation sites (tertiary alicyclic amines) is 1. The SMILES string of the molecule is CC1(C)CCCN(C(CN)c2cc3ccccc3o2)C1. The van der Waals surface area contributed by atoms with Gasteiger partial charge in [-0.3, -0.25) is 4.90 Å². The summed E-state index contributed by atoms with van der Waals surface area (Å²) in [6.45, 7) is 7.49. The first-order chi connectivity index (χ1) is 9.59. The molecule has 1 aliphatic heterocycles. The van der Waals surface area contributed by atoms with E-state index >= 15 is 0 Å². The van der Waals surface area contributed by atoms with E-state index in [1.54, 1.807) is 0 Å². The summed E-state index contributed by atoms with van der Waals surface area (Å²) < 4.78 is 6.02. The van der Waals surface area contributed by atoms with E-state index in [0.29, 0.717) is 12.0 Å². The molecular weight excluding hydrogens is 248 g/mol. The summed E-state index contributed by atoms with van der Waals surface area (Å²) in [5, 5.41) is 1.16. The Bertz CT molecular complexity index is 554. The molecule has 1 fully saturated rings. The van der Waals surface area contributed by atoms with E-state index in [-0.39, 0.29) is 6.04 Å². The molecule has 2 heterocycles. The van der Waals surface area contributed by atoms with Gasteiger partial charge in [-0.05, 0) is 36.9 Å². The van der Waals surface area contributed by atoms with Crippen LogP contribution in [0.2, 0.25) is 0 Å². The Labute approximate surface area is 120 Å². The quantitative estimate of drug-likeness (QED) is 0.929. The number of nitrogens with two attached hydrogens (primary N) is 1. The minimum atomic E-state index is 0.196. The number of para-hydroxylation sites is 1. The lowest BCUT2D eigenvalue weighted by molar-refractivity contribution is 0.0725. The normalized spacial score (nSPS) is 21.1. The second kappa shape index (κ2) is 5.23. The summed E-state index contributed by atoms with van der Waals surface area (Å²) in [4.78, 5) is 2.49. The molecule has 2 aromatic rings. The number of hydrogen-bond acceptors (Lipinski definition) is 3. The number of furan rings is 1. The van der Waals surface area contributed by atoms with Gasteiger partial charge in [-0.25, -0.2) is 0 Å². The first kappa shape index (κ1) is 13.7. The number of hydrogen-bond donors (Lipinski definition) is 1. The number of fused-ring (bicyclic) bond motifs is 1. The van der Waals surface area contributed by atoms with Gasteiger partial charge in [0.05, 0.1) is 6.04 Å². The Balaban J connectivity index is 1.89. The molecule has 1 aromatic carbocycles. The van der Waals surface area contributed by atoms with Gasteiger partial charge < -0.3 is 10.2 Å². The minimum absolute atomic E-state index is 0.196. The van der Waals surface area contributed by atoms with Crippen molar-refractivity contribution in [1.82, 2.24) is 4.90 Å². The van der Waals surface area contributed by atoms with Crippen molar-refractivity contribution in [2.45, 2.75) is 32.7 Å². The molecule has 0 saturated carbocycles. The van der Waals surface area contributed by atoms with Crippen LogP contribution in [0.25, 0.3) is 11.0 Å². The predicted molar refractivity (Wildman–Crippen MR) is 82.6 cm³/mol. The third-order valence-electron chi connectivity index (χ3n) is 4.37. The van der Waals surface area contributed by atoms with Crippen molar-refractivity contribution in [3.63, 3.8) is 0 Å². The van der Waals surface area contributed by atoms with E-state index in [1.807, 2.05) is 18.2 Å². The van der Waals surface area contributed by atoms with Crippen molar-refractivity contribution in [2.75, 3.05) is 19.6 Å². The topological polar surface area (TPSA) is 42.4 Å². The minimum Gasteiger partial charge on any atom is -0.459 e. The summed E-state index contributed by atoms with van der Waals surface area (Å²) in [7, 11) is 0. The molecule has 1 unspecified atom stereocenters. The Hall–Kier alpha value is -1.32.